The van der Waals surface area contributed by atoms with Gasteiger partial charge < -0.3 is 9.73 Å². The van der Waals surface area contributed by atoms with Gasteiger partial charge in [0.15, 0.2) is 0 Å². The number of rotatable bonds is 7. The molecule has 6 nitrogen and oxygen atoms in total. The van der Waals surface area contributed by atoms with Gasteiger partial charge in [0.05, 0.1) is 18.0 Å². The van der Waals surface area contributed by atoms with Crippen molar-refractivity contribution in [3.63, 3.8) is 0 Å². The summed E-state index contributed by atoms with van der Waals surface area (Å²) < 4.78 is 31.1. The Morgan fingerprint density at radius 2 is 2.00 bits per heavy atom. The van der Waals surface area contributed by atoms with Gasteiger partial charge in [0.1, 0.15) is 5.76 Å². The van der Waals surface area contributed by atoms with Crippen LogP contribution in [0.1, 0.15) is 31.2 Å². The molecule has 1 rings (SSSR count). The van der Waals surface area contributed by atoms with Gasteiger partial charge in [-0.05, 0) is 13.8 Å². The van der Waals surface area contributed by atoms with Crippen molar-refractivity contribution >= 4 is 10.0 Å². The molecule has 1 aromatic rings. The topological polar surface area (TPSA) is 84.2 Å². The molecular formula is C11H21N3O3S. The number of nitrogens with zero attached hydrogens (tertiary/aromatic N) is 1. The molecule has 104 valence electrons. The molecule has 0 radical (unpaired) electrons. The summed E-state index contributed by atoms with van der Waals surface area (Å²) >= 11 is 0. The Morgan fingerprint density at radius 3 is 2.50 bits per heavy atom. The number of hydrogen-bond acceptors (Lipinski definition) is 5. The zero-order valence-electron chi connectivity index (χ0n) is 11.3. The van der Waals surface area contributed by atoms with Crippen molar-refractivity contribution in [1.82, 2.24) is 15.0 Å². The molecule has 0 atom stereocenters. The molecule has 1 aromatic heterocycles. The van der Waals surface area contributed by atoms with E-state index < -0.39 is 10.0 Å². The highest BCUT2D eigenvalue weighted by molar-refractivity contribution is 7.89. The second-order valence-corrected chi connectivity index (χ2v) is 6.42. The average Bonchev–Trinajstić information content (AvgIpc) is 2.55. The number of aryl methyl sites for hydroxylation is 2. The number of nitrogens with one attached hydrogen (secondary N) is 2. The quantitative estimate of drug-likeness (QED) is 0.765. The van der Waals surface area contributed by atoms with Crippen LogP contribution in [0.4, 0.5) is 0 Å². The monoisotopic (exact) mass is 275 g/mol. The van der Waals surface area contributed by atoms with Crippen molar-refractivity contribution in [1.29, 1.82) is 0 Å². The molecule has 0 amide bonds. The normalized spacial score (nSPS) is 12.3. The lowest BCUT2D eigenvalue weighted by Crippen LogP contribution is -2.34. The smallest absolute Gasteiger partial charge is 0.213 e. The van der Waals surface area contributed by atoms with Crippen molar-refractivity contribution < 1.29 is 12.8 Å². The first-order chi connectivity index (χ1) is 8.30. The maximum atomic E-state index is 11.7. The van der Waals surface area contributed by atoms with Crippen molar-refractivity contribution in [3.8, 4) is 0 Å². The summed E-state index contributed by atoms with van der Waals surface area (Å²) in [5.41, 5.74) is 0.783. The molecular weight excluding hydrogens is 254 g/mol. The molecule has 0 bridgehead atoms. The van der Waals surface area contributed by atoms with Crippen molar-refractivity contribution in [3.05, 3.63) is 17.3 Å². The first-order valence-electron chi connectivity index (χ1n) is 5.94. The lowest BCUT2D eigenvalue weighted by Gasteiger charge is -2.08. The first kappa shape index (κ1) is 15.1. The summed E-state index contributed by atoms with van der Waals surface area (Å²) in [5, 5.41) is 3.05. The highest BCUT2D eigenvalue weighted by Gasteiger charge is 2.12. The lowest BCUT2D eigenvalue weighted by molar-refractivity contribution is 0.462. The summed E-state index contributed by atoms with van der Waals surface area (Å²) in [4.78, 5) is 4.11. The molecule has 0 saturated carbocycles. The minimum atomic E-state index is -3.29. The van der Waals surface area contributed by atoms with Crippen LogP contribution >= 0.6 is 0 Å². The van der Waals surface area contributed by atoms with E-state index in [1.54, 1.807) is 6.92 Å². The van der Waals surface area contributed by atoms with Crippen LogP contribution in [0.25, 0.3) is 0 Å². The fraction of sp³-hybridized carbons (Fsp3) is 0.727. The standard InChI is InChI=1S/C11H21N3O3S/c1-8(2)12-5-6-18(15,16)13-7-11-14-9(3)10(4)17-11/h8,12-13H,5-7H2,1-4H3. The second kappa shape index (κ2) is 6.31. The summed E-state index contributed by atoms with van der Waals surface area (Å²) in [5.74, 6) is 1.15. The Bertz CT molecular complexity index is 460. The van der Waals surface area contributed by atoms with Crippen LogP contribution in [0.5, 0.6) is 0 Å². The highest BCUT2D eigenvalue weighted by atomic mass is 32.2. The molecule has 1 heterocycles. The Labute approximate surface area is 108 Å². The number of aromatic nitrogens is 1. The molecule has 0 aromatic carbocycles. The molecule has 0 unspecified atom stereocenters. The second-order valence-electron chi connectivity index (χ2n) is 4.50. The van der Waals surface area contributed by atoms with E-state index in [0.29, 0.717) is 18.2 Å². The van der Waals surface area contributed by atoms with E-state index in [9.17, 15) is 8.42 Å². The van der Waals surface area contributed by atoms with Gasteiger partial charge in [0, 0.05) is 12.6 Å². The highest BCUT2D eigenvalue weighted by Crippen LogP contribution is 2.07. The van der Waals surface area contributed by atoms with E-state index in [-0.39, 0.29) is 18.3 Å². The van der Waals surface area contributed by atoms with Gasteiger partial charge in [0.25, 0.3) is 0 Å². The Balaban J connectivity index is 2.41. The summed E-state index contributed by atoms with van der Waals surface area (Å²) in [6.45, 7) is 8.09. The van der Waals surface area contributed by atoms with Gasteiger partial charge in [-0.15, -0.1) is 0 Å². The number of sulfonamides is 1. The van der Waals surface area contributed by atoms with Crippen LogP contribution in [-0.2, 0) is 16.6 Å². The first-order valence-corrected chi connectivity index (χ1v) is 7.59. The summed E-state index contributed by atoms with van der Waals surface area (Å²) in [6, 6.07) is 0.275. The van der Waals surface area contributed by atoms with Gasteiger partial charge in [-0.3, -0.25) is 0 Å². The minimum Gasteiger partial charge on any atom is -0.444 e. The van der Waals surface area contributed by atoms with Gasteiger partial charge in [-0.2, -0.15) is 0 Å². The Morgan fingerprint density at radius 1 is 1.33 bits per heavy atom. The van der Waals surface area contributed by atoms with Crippen molar-refractivity contribution in [2.24, 2.45) is 0 Å². The number of hydrogen-bond donors (Lipinski definition) is 2. The Kier molecular flexibility index (Phi) is 5.30. The third-order valence-electron chi connectivity index (χ3n) is 2.44. The molecule has 0 spiro atoms. The fourth-order valence-electron chi connectivity index (χ4n) is 1.34. The SMILES string of the molecule is Cc1nc(CNS(=O)(=O)CCNC(C)C)oc1C. The largest absolute Gasteiger partial charge is 0.444 e. The van der Waals surface area contributed by atoms with E-state index >= 15 is 0 Å². The zero-order valence-corrected chi connectivity index (χ0v) is 12.1. The van der Waals surface area contributed by atoms with Crippen LogP contribution in [0.3, 0.4) is 0 Å². The maximum Gasteiger partial charge on any atom is 0.213 e. The van der Waals surface area contributed by atoms with Crippen LogP contribution in [0.15, 0.2) is 4.42 Å². The van der Waals surface area contributed by atoms with E-state index in [0.717, 1.165) is 5.69 Å². The third kappa shape index (κ3) is 5.16. The summed E-state index contributed by atoms with van der Waals surface area (Å²) in [7, 11) is -3.29. The minimum absolute atomic E-state index is 0.0455. The predicted molar refractivity (Wildman–Crippen MR) is 69.7 cm³/mol. The van der Waals surface area contributed by atoms with Crippen molar-refractivity contribution in [2.75, 3.05) is 12.3 Å². The molecule has 7 heteroatoms. The van der Waals surface area contributed by atoms with Crippen LogP contribution in [-0.4, -0.2) is 31.7 Å². The average molecular weight is 275 g/mol. The van der Waals surface area contributed by atoms with E-state index in [1.165, 1.54) is 0 Å². The molecule has 0 saturated heterocycles. The molecule has 18 heavy (non-hydrogen) atoms. The van der Waals surface area contributed by atoms with Gasteiger partial charge in [-0.1, -0.05) is 13.8 Å². The molecule has 0 fully saturated rings. The van der Waals surface area contributed by atoms with E-state index in [1.807, 2.05) is 20.8 Å². The van der Waals surface area contributed by atoms with Gasteiger partial charge >= 0.3 is 0 Å². The van der Waals surface area contributed by atoms with Crippen molar-refractivity contribution in [2.45, 2.75) is 40.3 Å². The van der Waals surface area contributed by atoms with Gasteiger partial charge in [-0.25, -0.2) is 18.1 Å². The van der Waals surface area contributed by atoms with E-state index in [4.69, 9.17) is 4.42 Å². The molecule has 0 aliphatic carbocycles. The molecule has 0 aliphatic heterocycles. The van der Waals surface area contributed by atoms with Crippen LogP contribution < -0.4 is 10.0 Å². The third-order valence-corrected chi connectivity index (χ3v) is 3.77. The van der Waals surface area contributed by atoms with Crippen LogP contribution in [0, 0.1) is 13.8 Å². The van der Waals surface area contributed by atoms with E-state index in [2.05, 4.69) is 15.0 Å². The fourth-order valence-corrected chi connectivity index (χ4v) is 2.21. The molecule has 0 aliphatic rings. The van der Waals surface area contributed by atoms with Gasteiger partial charge in [0.2, 0.25) is 15.9 Å². The Hall–Kier alpha value is -0.920. The zero-order chi connectivity index (χ0) is 13.8. The lowest BCUT2D eigenvalue weighted by atomic mass is 10.4. The maximum absolute atomic E-state index is 11.7. The molecule has 2 N–H and O–H groups in total. The number of oxazole rings is 1. The summed E-state index contributed by atoms with van der Waals surface area (Å²) in [6.07, 6.45) is 0. The predicted octanol–water partition coefficient (Wildman–Crippen LogP) is 0.709. The van der Waals surface area contributed by atoms with Crippen LogP contribution in [0.2, 0.25) is 0 Å².